The van der Waals surface area contributed by atoms with Crippen molar-refractivity contribution in [1.82, 2.24) is 0 Å². The highest BCUT2D eigenvalue weighted by Gasteiger charge is 2.16. The van der Waals surface area contributed by atoms with Crippen LogP contribution in [0.3, 0.4) is 0 Å². The highest BCUT2D eigenvalue weighted by molar-refractivity contribution is 4.97. The zero-order valence-electron chi connectivity index (χ0n) is 4.07. The smallest absolute Gasteiger partial charge is 0.193 e. The average Bonchev–Trinajstić information content (AvgIpc) is 1.84. The van der Waals surface area contributed by atoms with Gasteiger partial charge >= 0.3 is 0 Å². The Morgan fingerprint density at radius 1 is 1.50 bits per heavy atom. The van der Waals surface area contributed by atoms with E-state index in [1.165, 1.54) is 5.92 Å². The number of alkyl halides is 3. The van der Waals surface area contributed by atoms with Gasteiger partial charge in [0.15, 0.2) is 12.3 Å². The lowest BCUT2D eigenvalue weighted by atomic mass is 10.3. The van der Waals surface area contributed by atoms with Crippen LogP contribution >= 0.6 is 0 Å². The Morgan fingerprint density at radius 3 is 2.12 bits per heavy atom. The van der Waals surface area contributed by atoms with E-state index in [9.17, 15) is 13.2 Å². The lowest BCUT2D eigenvalue weighted by Crippen LogP contribution is -2.16. The van der Waals surface area contributed by atoms with E-state index >= 15 is 0 Å². The van der Waals surface area contributed by atoms with E-state index < -0.39 is 19.0 Å². The van der Waals surface area contributed by atoms with Crippen LogP contribution in [-0.4, -0.2) is 19.0 Å². The molecule has 0 rings (SSSR count). The second kappa shape index (κ2) is 3.36. The largest absolute Gasteiger partial charge is 0.248 e. The Kier molecular flexibility index (Phi) is 3.09. The van der Waals surface area contributed by atoms with Gasteiger partial charge in [0.25, 0.3) is 0 Å². The Hall–Kier alpha value is -0.650. The molecule has 0 saturated heterocycles. The molecule has 46 valence electrons. The highest BCUT2D eigenvalue weighted by Crippen LogP contribution is 2.01. The summed E-state index contributed by atoms with van der Waals surface area (Å²) in [6.45, 7) is -1.36. The fraction of sp³-hybridized carbons (Fsp3) is 0.600. The molecule has 0 radical (unpaired) electrons. The molecule has 0 spiro atoms. The van der Waals surface area contributed by atoms with Crippen LogP contribution in [0, 0.1) is 12.3 Å². The molecule has 0 aliphatic rings. The third kappa shape index (κ3) is 1.87. The maximum Gasteiger partial charge on any atom is 0.193 e. The zero-order valence-corrected chi connectivity index (χ0v) is 4.07. The lowest BCUT2D eigenvalue weighted by molar-refractivity contribution is 0.174. The van der Waals surface area contributed by atoms with Crippen LogP contribution in [0.25, 0.3) is 0 Å². The predicted molar refractivity (Wildman–Crippen MR) is 24.6 cm³/mol. The van der Waals surface area contributed by atoms with Crippen molar-refractivity contribution in [1.29, 1.82) is 0 Å². The second-order valence-electron chi connectivity index (χ2n) is 1.24. The molecule has 2 unspecified atom stereocenters. The number of halogens is 3. The van der Waals surface area contributed by atoms with Crippen LogP contribution < -0.4 is 0 Å². The summed E-state index contributed by atoms with van der Waals surface area (Å²) in [6, 6.07) is 0. The molecule has 2 atom stereocenters. The minimum atomic E-state index is -2.15. The van der Waals surface area contributed by atoms with E-state index in [2.05, 4.69) is 6.42 Å². The number of hydrogen-bond acceptors (Lipinski definition) is 0. The van der Waals surface area contributed by atoms with E-state index in [1.807, 2.05) is 0 Å². The predicted octanol–water partition coefficient (Wildman–Crippen LogP) is 1.27. The summed E-state index contributed by atoms with van der Waals surface area (Å²) >= 11 is 0. The first-order valence-corrected chi connectivity index (χ1v) is 2.02. The van der Waals surface area contributed by atoms with E-state index in [-0.39, 0.29) is 0 Å². The van der Waals surface area contributed by atoms with Gasteiger partial charge in [-0.25, -0.2) is 13.2 Å². The van der Waals surface area contributed by atoms with E-state index in [0.717, 1.165) is 0 Å². The minimum Gasteiger partial charge on any atom is -0.248 e. The van der Waals surface area contributed by atoms with Crippen LogP contribution in [0.1, 0.15) is 0 Å². The Labute approximate surface area is 45.7 Å². The molecule has 0 aromatic heterocycles. The van der Waals surface area contributed by atoms with Gasteiger partial charge in [0.05, 0.1) is 0 Å². The van der Waals surface area contributed by atoms with Gasteiger partial charge in [0, 0.05) is 0 Å². The maximum atomic E-state index is 11.7. The third-order valence-electron chi connectivity index (χ3n) is 0.624. The van der Waals surface area contributed by atoms with Crippen molar-refractivity contribution < 1.29 is 13.2 Å². The van der Waals surface area contributed by atoms with Crippen molar-refractivity contribution in [2.75, 3.05) is 6.67 Å². The molecular weight excluding hydrogens is 117 g/mol. The van der Waals surface area contributed by atoms with Crippen LogP contribution in [0.15, 0.2) is 0 Å². The quantitative estimate of drug-likeness (QED) is 0.484. The van der Waals surface area contributed by atoms with Crippen LogP contribution in [0.2, 0.25) is 0 Å². The molecule has 0 aromatic carbocycles. The first-order valence-electron chi connectivity index (χ1n) is 2.02. The van der Waals surface area contributed by atoms with Gasteiger partial charge in [-0.15, -0.1) is 6.42 Å². The molecule has 0 aliphatic heterocycles. The standard InChI is InChI=1S/C5H5F3/c1-2-4(7)5(8)3-6/h1,4-5H,3H2. The molecule has 0 nitrogen and oxygen atoms in total. The van der Waals surface area contributed by atoms with Crippen molar-refractivity contribution in [3.63, 3.8) is 0 Å². The Bertz CT molecular complexity index is 94.3. The third-order valence-corrected chi connectivity index (χ3v) is 0.624. The first-order chi connectivity index (χ1) is 3.72. The fourth-order valence-electron chi connectivity index (χ4n) is 0.183. The maximum absolute atomic E-state index is 11.7. The molecule has 0 amide bonds. The molecule has 0 aliphatic carbocycles. The molecular formula is C5H5F3. The van der Waals surface area contributed by atoms with E-state index in [1.54, 1.807) is 0 Å². The molecule has 0 aromatic rings. The summed E-state index contributed by atoms with van der Waals surface area (Å²) < 4.78 is 34.4. The normalized spacial score (nSPS) is 16.8. The fourth-order valence-corrected chi connectivity index (χ4v) is 0.183. The summed E-state index contributed by atoms with van der Waals surface area (Å²) in [7, 11) is 0. The molecule has 8 heavy (non-hydrogen) atoms. The highest BCUT2D eigenvalue weighted by atomic mass is 19.2. The summed E-state index contributed by atoms with van der Waals surface area (Å²) in [6.07, 6.45) is 0.167. The monoisotopic (exact) mass is 122 g/mol. The number of hydrogen-bond donors (Lipinski definition) is 0. The van der Waals surface area contributed by atoms with Gasteiger partial charge in [-0.1, -0.05) is 5.92 Å². The van der Waals surface area contributed by atoms with Crippen LogP contribution in [0.5, 0.6) is 0 Å². The van der Waals surface area contributed by atoms with Crippen LogP contribution in [-0.2, 0) is 0 Å². The van der Waals surface area contributed by atoms with Crippen molar-refractivity contribution in [2.45, 2.75) is 12.3 Å². The SMILES string of the molecule is C#CC(F)C(F)CF. The van der Waals surface area contributed by atoms with Gasteiger partial charge in [-0.2, -0.15) is 0 Å². The molecule has 0 heterocycles. The molecule has 3 heteroatoms. The molecule has 0 bridgehead atoms. The van der Waals surface area contributed by atoms with Crippen molar-refractivity contribution in [3.8, 4) is 12.3 Å². The molecule has 0 saturated carbocycles. The molecule has 0 fully saturated rings. The van der Waals surface area contributed by atoms with Gasteiger partial charge < -0.3 is 0 Å². The summed E-state index contributed by atoms with van der Waals surface area (Å²) in [5, 5.41) is 0. The number of rotatable bonds is 2. The van der Waals surface area contributed by atoms with Crippen LogP contribution in [0.4, 0.5) is 13.2 Å². The van der Waals surface area contributed by atoms with Gasteiger partial charge in [0.1, 0.15) is 6.67 Å². The Morgan fingerprint density at radius 2 is 2.00 bits per heavy atom. The first kappa shape index (κ1) is 7.35. The van der Waals surface area contributed by atoms with Gasteiger partial charge in [-0.3, -0.25) is 0 Å². The summed E-state index contributed by atoms with van der Waals surface area (Å²) in [4.78, 5) is 0. The summed E-state index contributed by atoms with van der Waals surface area (Å²) in [5.74, 6) is 1.43. The van der Waals surface area contributed by atoms with Crippen molar-refractivity contribution in [2.24, 2.45) is 0 Å². The topological polar surface area (TPSA) is 0 Å². The molecule has 0 N–H and O–H groups in total. The Balaban J connectivity index is 3.49. The van der Waals surface area contributed by atoms with Crippen molar-refractivity contribution >= 4 is 0 Å². The number of terminal acetylenes is 1. The average molecular weight is 122 g/mol. The lowest BCUT2D eigenvalue weighted by Gasteiger charge is -1.99. The van der Waals surface area contributed by atoms with Crippen molar-refractivity contribution in [3.05, 3.63) is 0 Å². The van der Waals surface area contributed by atoms with E-state index in [0.29, 0.717) is 0 Å². The zero-order chi connectivity index (χ0) is 6.57. The van der Waals surface area contributed by atoms with Gasteiger partial charge in [-0.05, 0) is 0 Å². The second-order valence-corrected chi connectivity index (χ2v) is 1.24. The summed E-state index contributed by atoms with van der Waals surface area (Å²) in [5.41, 5.74) is 0. The minimum absolute atomic E-state index is 1.36. The van der Waals surface area contributed by atoms with Gasteiger partial charge in [0.2, 0.25) is 0 Å². The van der Waals surface area contributed by atoms with E-state index in [4.69, 9.17) is 0 Å².